The first-order valence-corrected chi connectivity index (χ1v) is 8.11. The van der Waals surface area contributed by atoms with Gasteiger partial charge >= 0.3 is 0 Å². The summed E-state index contributed by atoms with van der Waals surface area (Å²) in [4.78, 5) is 13.6. The summed E-state index contributed by atoms with van der Waals surface area (Å²) in [5.41, 5.74) is 0. The second-order valence-electron chi connectivity index (χ2n) is 5.50. The Labute approximate surface area is 120 Å². The average Bonchev–Trinajstić information content (AvgIpc) is 2.42. The molecule has 114 valence electrons. The summed E-state index contributed by atoms with van der Waals surface area (Å²) >= 11 is 0. The molecule has 0 aromatic heterocycles. The largest absolute Gasteiger partial charge is 0.344 e. The fourth-order valence-corrected chi connectivity index (χ4v) is 2.18. The molecular weight excluding hydrogens is 236 g/mol. The Bertz CT molecular complexity index is 207. The Morgan fingerprint density at radius 1 is 0.947 bits per heavy atom. The number of unbranched alkanes of at least 4 members (excludes halogenated alkanes) is 8. The summed E-state index contributed by atoms with van der Waals surface area (Å²) in [5, 5.41) is 3.06. The van der Waals surface area contributed by atoms with Crippen molar-refractivity contribution in [2.45, 2.75) is 71.1 Å². The maximum Gasteiger partial charge on any atom is 0.222 e. The molecule has 0 rings (SSSR count). The summed E-state index contributed by atoms with van der Waals surface area (Å²) < 4.78 is 0. The van der Waals surface area contributed by atoms with E-state index in [0.29, 0.717) is 0 Å². The SMILES string of the molecule is CCCCCCCCCCCC(=O)N(C)CCNC. The van der Waals surface area contributed by atoms with Crippen LogP contribution in [0.2, 0.25) is 0 Å². The lowest BCUT2D eigenvalue weighted by Gasteiger charge is -2.16. The highest BCUT2D eigenvalue weighted by molar-refractivity contribution is 5.75. The van der Waals surface area contributed by atoms with E-state index in [2.05, 4.69) is 12.2 Å². The Kier molecular flexibility index (Phi) is 13.4. The van der Waals surface area contributed by atoms with E-state index in [-0.39, 0.29) is 5.91 Å². The lowest BCUT2D eigenvalue weighted by atomic mass is 10.1. The molecule has 0 aromatic carbocycles. The van der Waals surface area contributed by atoms with E-state index in [0.717, 1.165) is 25.9 Å². The van der Waals surface area contributed by atoms with Crippen molar-refractivity contribution >= 4 is 5.91 Å². The molecule has 0 aromatic rings. The average molecular weight is 270 g/mol. The molecule has 0 fully saturated rings. The Morgan fingerprint density at radius 2 is 1.47 bits per heavy atom. The fraction of sp³-hybridized carbons (Fsp3) is 0.938. The maximum atomic E-state index is 11.8. The van der Waals surface area contributed by atoms with Crippen LogP contribution in [0, 0.1) is 0 Å². The molecule has 0 aliphatic heterocycles. The van der Waals surface area contributed by atoms with Crippen LogP contribution in [0.5, 0.6) is 0 Å². The second-order valence-corrected chi connectivity index (χ2v) is 5.50. The normalized spacial score (nSPS) is 10.7. The van der Waals surface area contributed by atoms with Gasteiger partial charge in [-0.3, -0.25) is 4.79 Å². The minimum absolute atomic E-state index is 0.290. The highest BCUT2D eigenvalue weighted by Crippen LogP contribution is 2.10. The molecule has 3 heteroatoms. The minimum atomic E-state index is 0.290. The number of hydrogen-bond acceptors (Lipinski definition) is 2. The van der Waals surface area contributed by atoms with Crippen LogP contribution in [-0.2, 0) is 4.79 Å². The number of rotatable bonds is 13. The van der Waals surface area contributed by atoms with Crippen molar-refractivity contribution in [3.8, 4) is 0 Å². The second kappa shape index (κ2) is 13.9. The molecule has 0 aliphatic carbocycles. The molecule has 0 saturated heterocycles. The third-order valence-corrected chi connectivity index (χ3v) is 3.62. The standard InChI is InChI=1S/C16H34N2O/c1-4-5-6-7-8-9-10-11-12-13-16(19)18(3)15-14-17-2/h17H,4-15H2,1-3H3. The van der Waals surface area contributed by atoms with E-state index < -0.39 is 0 Å². The van der Waals surface area contributed by atoms with Crippen LogP contribution >= 0.6 is 0 Å². The third kappa shape index (κ3) is 12.2. The first kappa shape index (κ1) is 18.4. The summed E-state index contributed by atoms with van der Waals surface area (Å²) in [7, 11) is 3.81. The van der Waals surface area contributed by atoms with Crippen molar-refractivity contribution in [2.75, 3.05) is 27.2 Å². The smallest absolute Gasteiger partial charge is 0.222 e. The zero-order valence-corrected chi connectivity index (χ0v) is 13.3. The number of carbonyl (C=O) groups excluding carboxylic acids is 1. The van der Waals surface area contributed by atoms with Gasteiger partial charge in [0.15, 0.2) is 0 Å². The number of amides is 1. The Morgan fingerprint density at radius 3 is 2.00 bits per heavy atom. The molecule has 0 aliphatic rings. The topological polar surface area (TPSA) is 32.3 Å². The molecule has 0 heterocycles. The van der Waals surface area contributed by atoms with Gasteiger partial charge in [0.1, 0.15) is 0 Å². The van der Waals surface area contributed by atoms with Crippen molar-refractivity contribution in [1.29, 1.82) is 0 Å². The molecule has 0 atom stereocenters. The fourth-order valence-electron chi connectivity index (χ4n) is 2.18. The van der Waals surface area contributed by atoms with Crippen LogP contribution < -0.4 is 5.32 Å². The molecule has 0 unspecified atom stereocenters. The molecule has 1 N–H and O–H groups in total. The van der Waals surface area contributed by atoms with Gasteiger partial charge in [0.2, 0.25) is 5.91 Å². The first-order chi connectivity index (χ1) is 9.22. The first-order valence-electron chi connectivity index (χ1n) is 8.11. The molecule has 0 radical (unpaired) electrons. The predicted octanol–water partition coefficient (Wildman–Crippen LogP) is 3.59. The van der Waals surface area contributed by atoms with E-state index in [9.17, 15) is 4.79 Å². The summed E-state index contributed by atoms with van der Waals surface area (Å²) in [6.07, 6.45) is 12.5. The number of nitrogens with zero attached hydrogens (tertiary/aromatic N) is 1. The highest BCUT2D eigenvalue weighted by atomic mass is 16.2. The molecule has 0 saturated carbocycles. The molecule has 19 heavy (non-hydrogen) atoms. The van der Waals surface area contributed by atoms with Gasteiger partial charge in [-0.15, -0.1) is 0 Å². The van der Waals surface area contributed by atoms with E-state index in [1.807, 2.05) is 19.0 Å². The van der Waals surface area contributed by atoms with Crippen molar-refractivity contribution in [3.63, 3.8) is 0 Å². The van der Waals surface area contributed by atoms with Crippen LogP contribution in [0.1, 0.15) is 71.1 Å². The zero-order valence-electron chi connectivity index (χ0n) is 13.3. The number of hydrogen-bond donors (Lipinski definition) is 1. The van der Waals surface area contributed by atoms with Gasteiger partial charge in [-0.1, -0.05) is 58.3 Å². The van der Waals surface area contributed by atoms with Crippen LogP contribution in [0.15, 0.2) is 0 Å². The lowest BCUT2D eigenvalue weighted by Crippen LogP contribution is -2.32. The van der Waals surface area contributed by atoms with E-state index in [1.54, 1.807) is 0 Å². The molecule has 0 bridgehead atoms. The lowest BCUT2D eigenvalue weighted by molar-refractivity contribution is -0.129. The predicted molar refractivity (Wildman–Crippen MR) is 83.4 cm³/mol. The monoisotopic (exact) mass is 270 g/mol. The van der Waals surface area contributed by atoms with Crippen LogP contribution in [0.25, 0.3) is 0 Å². The van der Waals surface area contributed by atoms with Gasteiger partial charge in [0.25, 0.3) is 0 Å². The summed E-state index contributed by atoms with van der Waals surface area (Å²) in [5.74, 6) is 0.290. The van der Waals surface area contributed by atoms with Crippen LogP contribution in [0.3, 0.4) is 0 Å². The summed E-state index contributed by atoms with van der Waals surface area (Å²) in [6, 6.07) is 0. The maximum absolute atomic E-state index is 11.8. The number of likely N-dealkylation sites (N-methyl/N-ethyl adjacent to an activating group) is 2. The molecule has 3 nitrogen and oxygen atoms in total. The van der Waals surface area contributed by atoms with Gasteiger partial charge in [0, 0.05) is 26.6 Å². The van der Waals surface area contributed by atoms with Crippen molar-refractivity contribution in [1.82, 2.24) is 10.2 Å². The zero-order chi connectivity index (χ0) is 14.3. The molecule has 0 spiro atoms. The third-order valence-electron chi connectivity index (χ3n) is 3.62. The van der Waals surface area contributed by atoms with E-state index in [4.69, 9.17) is 0 Å². The highest BCUT2D eigenvalue weighted by Gasteiger charge is 2.06. The van der Waals surface area contributed by atoms with Crippen LogP contribution in [-0.4, -0.2) is 38.0 Å². The van der Waals surface area contributed by atoms with Crippen molar-refractivity contribution in [3.05, 3.63) is 0 Å². The Balaban J connectivity index is 3.27. The Hall–Kier alpha value is -0.570. The summed E-state index contributed by atoms with van der Waals surface area (Å²) in [6.45, 7) is 3.94. The van der Waals surface area contributed by atoms with Crippen molar-refractivity contribution in [2.24, 2.45) is 0 Å². The van der Waals surface area contributed by atoms with E-state index >= 15 is 0 Å². The van der Waals surface area contributed by atoms with Gasteiger partial charge in [-0.2, -0.15) is 0 Å². The molecule has 1 amide bonds. The molecular formula is C16H34N2O. The minimum Gasteiger partial charge on any atom is -0.344 e. The van der Waals surface area contributed by atoms with Crippen molar-refractivity contribution < 1.29 is 4.79 Å². The van der Waals surface area contributed by atoms with Gasteiger partial charge in [-0.05, 0) is 13.5 Å². The van der Waals surface area contributed by atoms with E-state index in [1.165, 1.54) is 51.4 Å². The quantitative estimate of drug-likeness (QED) is 0.519. The number of nitrogens with one attached hydrogen (secondary N) is 1. The van der Waals surface area contributed by atoms with Gasteiger partial charge < -0.3 is 10.2 Å². The number of carbonyl (C=O) groups is 1. The van der Waals surface area contributed by atoms with Gasteiger partial charge in [0.05, 0.1) is 0 Å². The van der Waals surface area contributed by atoms with Crippen LogP contribution in [0.4, 0.5) is 0 Å². The van der Waals surface area contributed by atoms with Gasteiger partial charge in [-0.25, -0.2) is 0 Å².